The summed E-state index contributed by atoms with van der Waals surface area (Å²) in [6.45, 7) is 8.65. The number of nitrogens with one attached hydrogen (secondary N) is 1. The van der Waals surface area contributed by atoms with Crippen LogP contribution >= 0.6 is 15.9 Å². The Bertz CT molecular complexity index is 216. The highest BCUT2D eigenvalue weighted by atomic mass is 79.9. The summed E-state index contributed by atoms with van der Waals surface area (Å²) in [5.74, 6) is 0.923. The molecule has 15 heavy (non-hydrogen) atoms. The lowest BCUT2D eigenvalue weighted by atomic mass is 9.88. The van der Waals surface area contributed by atoms with Crippen molar-refractivity contribution in [1.82, 2.24) is 10.2 Å². The normalized spacial score (nSPS) is 29.5. The molecule has 1 unspecified atom stereocenters. The maximum atomic E-state index is 3.91. The third-order valence-electron chi connectivity index (χ3n) is 3.69. The first-order valence-corrected chi connectivity index (χ1v) is 6.84. The predicted molar refractivity (Wildman–Crippen MR) is 68.3 cm³/mol. The molecule has 0 amide bonds. The van der Waals surface area contributed by atoms with Crippen LogP contribution in [-0.2, 0) is 0 Å². The van der Waals surface area contributed by atoms with Crippen LogP contribution in [0.1, 0.15) is 25.7 Å². The second-order valence-electron chi connectivity index (χ2n) is 4.83. The molecule has 2 rings (SSSR count). The molecule has 0 spiro atoms. The fourth-order valence-electron chi connectivity index (χ4n) is 2.87. The van der Waals surface area contributed by atoms with Crippen molar-refractivity contribution < 1.29 is 0 Å². The number of halogens is 1. The van der Waals surface area contributed by atoms with Crippen LogP contribution in [0, 0.1) is 5.92 Å². The lowest BCUT2D eigenvalue weighted by Gasteiger charge is -2.34. The average Bonchev–Trinajstić information content (AvgIpc) is 2.71. The second kappa shape index (κ2) is 5.46. The van der Waals surface area contributed by atoms with Crippen molar-refractivity contribution in [3.05, 3.63) is 11.1 Å². The van der Waals surface area contributed by atoms with Crippen molar-refractivity contribution >= 4 is 15.9 Å². The molecule has 2 nitrogen and oxygen atoms in total. The van der Waals surface area contributed by atoms with Gasteiger partial charge in [-0.3, -0.25) is 4.90 Å². The van der Waals surface area contributed by atoms with Crippen LogP contribution in [0.3, 0.4) is 0 Å². The lowest BCUT2D eigenvalue weighted by Crippen LogP contribution is -2.41. The van der Waals surface area contributed by atoms with Gasteiger partial charge in [0.25, 0.3) is 0 Å². The molecule has 2 fully saturated rings. The van der Waals surface area contributed by atoms with Crippen LogP contribution in [0.5, 0.6) is 0 Å². The fraction of sp³-hybridized carbons (Fsp3) is 0.833. The first-order valence-electron chi connectivity index (χ1n) is 6.05. The highest BCUT2D eigenvalue weighted by molar-refractivity contribution is 9.11. The van der Waals surface area contributed by atoms with E-state index in [9.17, 15) is 0 Å². The molecule has 0 saturated carbocycles. The molecule has 2 saturated heterocycles. The zero-order valence-electron chi connectivity index (χ0n) is 9.34. The first-order chi connectivity index (χ1) is 7.25. The van der Waals surface area contributed by atoms with Crippen LogP contribution in [0.4, 0.5) is 0 Å². The molecular weight excluding hydrogens is 252 g/mol. The Hall–Kier alpha value is 0.140. The zero-order chi connectivity index (χ0) is 10.7. The van der Waals surface area contributed by atoms with E-state index in [2.05, 4.69) is 32.7 Å². The van der Waals surface area contributed by atoms with Gasteiger partial charge >= 0.3 is 0 Å². The molecule has 2 aliphatic heterocycles. The summed E-state index contributed by atoms with van der Waals surface area (Å²) in [4.78, 5) is 2.50. The van der Waals surface area contributed by atoms with E-state index in [4.69, 9.17) is 0 Å². The van der Waals surface area contributed by atoms with Gasteiger partial charge in [0.1, 0.15) is 0 Å². The molecule has 86 valence electrons. The van der Waals surface area contributed by atoms with Gasteiger partial charge in [-0.1, -0.05) is 22.5 Å². The van der Waals surface area contributed by atoms with Gasteiger partial charge in [-0.05, 0) is 51.2 Å². The van der Waals surface area contributed by atoms with Gasteiger partial charge in [-0.25, -0.2) is 0 Å². The Kier molecular flexibility index (Phi) is 4.23. The molecule has 2 heterocycles. The van der Waals surface area contributed by atoms with E-state index in [0.717, 1.165) is 23.0 Å². The van der Waals surface area contributed by atoms with Gasteiger partial charge in [0.05, 0.1) is 0 Å². The van der Waals surface area contributed by atoms with Crippen LogP contribution in [-0.4, -0.2) is 37.1 Å². The van der Waals surface area contributed by atoms with Crippen LogP contribution in [0.25, 0.3) is 0 Å². The monoisotopic (exact) mass is 272 g/mol. The fourth-order valence-corrected chi connectivity index (χ4v) is 3.22. The summed E-state index contributed by atoms with van der Waals surface area (Å²) in [6, 6.07) is 0.819. The lowest BCUT2D eigenvalue weighted by molar-refractivity contribution is 0.176. The zero-order valence-corrected chi connectivity index (χ0v) is 10.9. The van der Waals surface area contributed by atoms with Crippen molar-refractivity contribution in [2.45, 2.75) is 31.7 Å². The number of hydrogen-bond donors (Lipinski definition) is 1. The van der Waals surface area contributed by atoms with Crippen LogP contribution in [0.2, 0.25) is 0 Å². The highest BCUT2D eigenvalue weighted by Crippen LogP contribution is 2.26. The summed E-state index contributed by atoms with van der Waals surface area (Å²) in [5, 5.41) is 3.64. The molecule has 0 bridgehead atoms. The largest absolute Gasteiger partial charge is 0.314 e. The number of rotatable bonds is 3. The van der Waals surface area contributed by atoms with Gasteiger partial charge in [0.15, 0.2) is 0 Å². The third-order valence-corrected chi connectivity index (χ3v) is 3.95. The quantitative estimate of drug-likeness (QED) is 0.849. The number of hydrogen-bond acceptors (Lipinski definition) is 2. The van der Waals surface area contributed by atoms with Gasteiger partial charge < -0.3 is 5.32 Å². The highest BCUT2D eigenvalue weighted by Gasteiger charge is 2.27. The van der Waals surface area contributed by atoms with Crippen molar-refractivity contribution in [2.24, 2.45) is 5.92 Å². The Morgan fingerprint density at radius 2 is 2.07 bits per heavy atom. The van der Waals surface area contributed by atoms with E-state index in [-0.39, 0.29) is 0 Å². The minimum Gasteiger partial charge on any atom is -0.314 e. The van der Waals surface area contributed by atoms with E-state index in [1.807, 2.05) is 0 Å². The minimum atomic E-state index is 0.819. The summed E-state index contributed by atoms with van der Waals surface area (Å²) >= 11 is 3.44. The van der Waals surface area contributed by atoms with Crippen molar-refractivity contribution in [3.8, 4) is 0 Å². The predicted octanol–water partition coefficient (Wildman–Crippen LogP) is 2.36. The van der Waals surface area contributed by atoms with Gasteiger partial charge in [0.2, 0.25) is 0 Å². The molecule has 1 N–H and O–H groups in total. The second-order valence-corrected chi connectivity index (χ2v) is 5.96. The summed E-state index contributed by atoms with van der Waals surface area (Å²) in [5.41, 5.74) is 0. The topological polar surface area (TPSA) is 15.3 Å². The molecule has 0 radical (unpaired) electrons. The molecule has 2 aliphatic rings. The molecule has 0 aromatic rings. The summed E-state index contributed by atoms with van der Waals surface area (Å²) < 4.78 is 1.11. The van der Waals surface area contributed by atoms with E-state index in [1.54, 1.807) is 0 Å². The Morgan fingerprint density at radius 3 is 2.60 bits per heavy atom. The van der Waals surface area contributed by atoms with Gasteiger partial charge in [0, 0.05) is 17.1 Å². The molecule has 0 aromatic carbocycles. The van der Waals surface area contributed by atoms with Crippen molar-refractivity contribution in [1.29, 1.82) is 0 Å². The standard InChI is InChI=1S/C12H21BrN2/c1-10(13)9-15-7-4-11(5-8-15)12-3-2-6-14-12/h11-12,14H,1-9H2. The van der Waals surface area contributed by atoms with E-state index in [0.29, 0.717) is 0 Å². The SMILES string of the molecule is C=C(Br)CN1CCC(C2CCCN2)CC1. The smallest absolute Gasteiger partial charge is 0.0293 e. The summed E-state index contributed by atoms with van der Waals surface area (Å²) in [7, 11) is 0. The number of nitrogens with zero attached hydrogens (tertiary/aromatic N) is 1. The van der Waals surface area contributed by atoms with Gasteiger partial charge in [-0.2, -0.15) is 0 Å². The minimum absolute atomic E-state index is 0.819. The Morgan fingerprint density at radius 1 is 1.33 bits per heavy atom. The van der Waals surface area contributed by atoms with E-state index < -0.39 is 0 Å². The van der Waals surface area contributed by atoms with Crippen LogP contribution in [0.15, 0.2) is 11.1 Å². The third kappa shape index (κ3) is 3.30. The van der Waals surface area contributed by atoms with Crippen LogP contribution < -0.4 is 5.32 Å². The molecule has 0 aliphatic carbocycles. The average molecular weight is 273 g/mol. The summed E-state index contributed by atoms with van der Waals surface area (Å²) in [6.07, 6.45) is 5.49. The molecule has 0 aromatic heterocycles. The van der Waals surface area contributed by atoms with E-state index in [1.165, 1.54) is 45.3 Å². The number of piperidine rings is 1. The Labute approximate surface area is 101 Å². The van der Waals surface area contributed by atoms with Crippen molar-refractivity contribution in [3.63, 3.8) is 0 Å². The first kappa shape index (κ1) is 11.6. The maximum absolute atomic E-state index is 3.91. The van der Waals surface area contributed by atoms with Gasteiger partial charge in [-0.15, -0.1) is 0 Å². The molecule has 1 atom stereocenters. The molecular formula is C12H21BrN2. The molecule has 3 heteroatoms. The Balaban J connectivity index is 1.73. The van der Waals surface area contributed by atoms with E-state index >= 15 is 0 Å². The van der Waals surface area contributed by atoms with Crippen molar-refractivity contribution in [2.75, 3.05) is 26.2 Å². The maximum Gasteiger partial charge on any atom is 0.0293 e. The number of likely N-dealkylation sites (tertiary alicyclic amines) is 1.